The summed E-state index contributed by atoms with van der Waals surface area (Å²) in [6, 6.07) is 2.97. The fourth-order valence-electron chi connectivity index (χ4n) is 2.32. The summed E-state index contributed by atoms with van der Waals surface area (Å²) in [7, 11) is 0. The van der Waals surface area contributed by atoms with Crippen LogP contribution in [0, 0.1) is 5.92 Å². The largest absolute Gasteiger partial charge is 0.505 e. The number of piperidine rings is 1. The molecule has 2 atom stereocenters. The lowest BCUT2D eigenvalue weighted by atomic mass is 9.92. The molecule has 1 aliphatic rings. The van der Waals surface area contributed by atoms with Gasteiger partial charge in [-0.25, -0.2) is 4.98 Å². The van der Waals surface area contributed by atoms with E-state index in [1.807, 2.05) is 6.92 Å². The van der Waals surface area contributed by atoms with Gasteiger partial charge in [-0.15, -0.1) is 0 Å². The number of aromatic nitrogens is 1. The zero-order valence-electron chi connectivity index (χ0n) is 10.7. The maximum absolute atomic E-state index is 12.4. The number of nitrogens with zero attached hydrogens (tertiary/aromatic N) is 2. The van der Waals surface area contributed by atoms with E-state index in [-0.39, 0.29) is 35.9 Å². The van der Waals surface area contributed by atoms with Crippen molar-refractivity contribution in [2.24, 2.45) is 11.7 Å². The first-order valence-corrected chi connectivity index (χ1v) is 6.25. The normalized spacial score (nSPS) is 23.1. The van der Waals surface area contributed by atoms with E-state index in [1.54, 1.807) is 11.0 Å². The zero-order chi connectivity index (χ0) is 14.0. The molecule has 0 aromatic carbocycles. The van der Waals surface area contributed by atoms with Crippen LogP contribution in [0.4, 0.5) is 0 Å². The lowest BCUT2D eigenvalue weighted by molar-refractivity contribution is -0.123. The van der Waals surface area contributed by atoms with E-state index in [1.165, 1.54) is 12.3 Å². The molecule has 3 N–H and O–H groups in total. The Balaban J connectivity index is 2.22. The van der Waals surface area contributed by atoms with E-state index < -0.39 is 5.91 Å². The molecule has 0 saturated carbocycles. The number of likely N-dealkylation sites (tertiary alicyclic amines) is 1. The summed E-state index contributed by atoms with van der Waals surface area (Å²) < 4.78 is 0. The van der Waals surface area contributed by atoms with Crippen molar-refractivity contribution >= 4 is 11.8 Å². The predicted octanol–water partition coefficient (Wildman–Crippen LogP) is 0.513. The van der Waals surface area contributed by atoms with Gasteiger partial charge < -0.3 is 15.7 Å². The van der Waals surface area contributed by atoms with Gasteiger partial charge in [-0.2, -0.15) is 0 Å². The van der Waals surface area contributed by atoms with Gasteiger partial charge in [-0.1, -0.05) is 0 Å². The fraction of sp³-hybridized carbons (Fsp3) is 0.462. The van der Waals surface area contributed by atoms with Crippen LogP contribution in [0.5, 0.6) is 5.75 Å². The van der Waals surface area contributed by atoms with Gasteiger partial charge in [0.25, 0.3) is 5.91 Å². The summed E-state index contributed by atoms with van der Waals surface area (Å²) >= 11 is 0. The summed E-state index contributed by atoms with van der Waals surface area (Å²) in [5.41, 5.74) is 5.32. The number of hydrogen-bond donors (Lipinski definition) is 2. The van der Waals surface area contributed by atoms with Crippen LogP contribution in [-0.4, -0.2) is 39.4 Å². The number of primary amides is 1. The van der Waals surface area contributed by atoms with Crippen molar-refractivity contribution in [2.45, 2.75) is 25.8 Å². The molecule has 19 heavy (non-hydrogen) atoms. The maximum atomic E-state index is 12.4. The molecule has 0 aliphatic carbocycles. The molecule has 1 aliphatic heterocycles. The van der Waals surface area contributed by atoms with Gasteiger partial charge in [0.05, 0.1) is 5.92 Å². The lowest BCUT2D eigenvalue weighted by Crippen LogP contribution is -2.48. The van der Waals surface area contributed by atoms with Crippen LogP contribution in [0.3, 0.4) is 0 Å². The smallest absolute Gasteiger partial charge is 0.276 e. The Hall–Kier alpha value is -2.11. The molecule has 6 heteroatoms. The van der Waals surface area contributed by atoms with Gasteiger partial charge in [0.1, 0.15) is 5.75 Å². The first-order chi connectivity index (χ1) is 9.00. The molecule has 102 valence electrons. The molecular formula is C13H17N3O3. The molecule has 2 rings (SSSR count). The minimum absolute atomic E-state index is 0.00417. The number of carbonyl (C=O) groups excluding carboxylic acids is 2. The Labute approximate surface area is 111 Å². The van der Waals surface area contributed by atoms with Crippen molar-refractivity contribution < 1.29 is 14.7 Å². The molecular weight excluding hydrogens is 246 g/mol. The minimum Gasteiger partial charge on any atom is -0.505 e. The summed E-state index contributed by atoms with van der Waals surface area (Å²) in [6.07, 6.45) is 2.86. The second-order valence-electron chi connectivity index (χ2n) is 4.85. The molecule has 1 fully saturated rings. The second-order valence-corrected chi connectivity index (χ2v) is 4.85. The van der Waals surface area contributed by atoms with Crippen LogP contribution in [0.1, 0.15) is 30.3 Å². The number of hydrogen-bond acceptors (Lipinski definition) is 4. The third-order valence-corrected chi connectivity index (χ3v) is 3.53. The highest BCUT2D eigenvalue weighted by Gasteiger charge is 2.33. The quantitative estimate of drug-likeness (QED) is 0.812. The average molecular weight is 263 g/mol. The number of pyridine rings is 1. The van der Waals surface area contributed by atoms with Gasteiger partial charge in [0.2, 0.25) is 5.91 Å². The highest BCUT2D eigenvalue weighted by Crippen LogP contribution is 2.25. The topological polar surface area (TPSA) is 96.5 Å². The van der Waals surface area contributed by atoms with Crippen LogP contribution >= 0.6 is 0 Å². The van der Waals surface area contributed by atoms with Gasteiger partial charge >= 0.3 is 0 Å². The van der Waals surface area contributed by atoms with Crippen LogP contribution in [0.25, 0.3) is 0 Å². The molecule has 2 amide bonds. The summed E-state index contributed by atoms with van der Waals surface area (Å²) in [5.74, 6) is -1.24. The number of carbonyl (C=O) groups is 2. The molecule has 1 aromatic rings. The van der Waals surface area contributed by atoms with Gasteiger partial charge in [-0.05, 0) is 31.9 Å². The van der Waals surface area contributed by atoms with Gasteiger partial charge in [0.15, 0.2) is 5.69 Å². The monoisotopic (exact) mass is 263 g/mol. The minimum atomic E-state index is -0.394. The van der Waals surface area contributed by atoms with Crippen molar-refractivity contribution in [2.75, 3.05) is 6.54 Å². The van der Waals surface area contributed by atoms with Crippen molar-refractivity contribution in [3.05, 3.63) is 24.0 Å². The van der Waals surface area contributed by atoms with E-state index in [0.717, 1.165) is 0 Å². The summed E-state index contributed by atoms with van der Waals surface area (Å²) in [6.45, 7) is 2.19. The second kappa shape index (κ2) is 5.26. The van der Waals surface area contributed by atoms with Crippen LogP contribution in [0.15, 0.2) is 18.3 Å². The van der Waals surface area contributed by atoms with Gasteiger partial charge in [0, 0.05) is 18.8 Å². The van der Waals surface area contributed by atoms with Crippen LogP contribution in [-0.2, 0) is 4.79 Å². The lowest BCUT2D eigenvalue weighted by Gasteiger charge is -2.36. The summed E-state index contributed by atoms with van der Waals surface area (Å²) in [5, 5.41) is 9.67. The molecule has 2 heterocycles. The average Bonchev–Trinajstić information content (AvgIpc) is 2.38. The van der Waals surface area contributed by atoms with Crippen molar-refractivity contribution in [3.63, 3.8) is 0 Å². The van der Waals surface area contributed by atoms with E-state index in [9.17, 15) is 14.7 Å². The number of nitrogens with two attached hydrogens (primary N) is 1. The molecule has 2 unspecified atom stereocenters. The van der Waals surface area contributed by atoms with E-state index in [2.05, 4.69) is 4.98 Å². The molecule has 0 radical (unpaired) electrons. The molecule has 0 bridgehead atoms. The number of rotatable bonds is 2. The maximum Gasteiger partial charge on any atom is 0.276 e. The first-order valence-electron chi connectivity index (χ1n) is 6.25. The molecule has 1 saturated heterocycles. The van der Waals surface area contributed by atoms with E-state index >= 15 is 0 Å². The van der Waals surface area contributed by atoms with Crippen molar-refractivity contribution in [3.8, 4) is 5.75 Å². The Morgan fingerprint density at radius 1 is 1.47 bits per heavy atom. The first kappa shape index (κ1) is 13.3. The zero-order valence-corrected chi connectivity index (χ0v) is 10.7. The SMILES string of the molecule is CC1CCC(C(N)=O)CN1C(=O)c1ncccc1O. The molecule has 1 aromatic heterocycles. The van der Waals surface area contributed by atoms with E-state index in [4.69, 9.17) is 5.73 Å². The third-order valence-electron chi connectivity index (χ3n) is 3.53. The fourth-order valence-corrected chi connectivity index (χ4v) is 2.32. The summed E-state index contributed by atoms with van der Waals surface area (Å²) in [4.78, 5) is 29.1. The predicted molar refractivity (Wildman–Crippen MR) is 68.3 cm³/mol. The highest BCUT2D eigenvalue weighted by molar-refractivity contribution is 5.95. The standard InChI is InChI=1S/C13H17N3O3/c1-8-4-5-9(12(14)18)7-16(8)13(19)11-10(17)3-2-6-15-11/h2-3,6,8-9,17H,4-5,7H2,1H3,(H2,14,18). The Bertz CT molecular complexity index is 504. The highest BCUT2D eigenvalue weighted by atomic mass is 16.3. The Morgan fingerprint density at radius 3 is 2.84 bits per heavy atom. The van der Waals surface area contributed by atoms with Crippen molar-refractivity contribution in [1.82, 2.24) is 9.88 Å². The Kier molecular flexibility index (Phi) is 3.69. The number of amides is 2. The van der Waals surface area contributed by atoms with Crippen LogP contribution < -0.4 is 5.73 Å². The third kappa shape index (κ3) is 2.67. The number of aromatic hydroxyl groups is 1. The van der Waals surface area contributed by atoms with E-state index in [0.29, 0.717) is 12.8 Å². The Morgan fingerprint density at radius 2 is 2.21 bits per heavy atom. The molecule has 6 nitrogen and oxygen atoms in total. The van der Waals surface area contributed by atoms with Crippen LogP contribution in [0.2, 0.25) is 0 Å². The molecule has 0 spiro atoms. The van der Waals surface area contributed by atoms with Gasteiger partial charge in [-0.3, -0.25) is 9.59 Å². The van der Waals surface area contributed by atoms with Crippen molar-refractivity contribution in [1.29, 1.82) is 0 Å².